The Bertz CT molecular complexity index is 1210. The number of pyridine rings is 1. The van der Waals surface area contributed by atoms with E-state index < -0.39 is 0 Å². The summed E-state index contributed by atoms with van der Waals surface area (Å²) in [4.78, 5) is 4.17. The maximum absolute atomic E-state index is 6.25. The highest BCUT2D eigenvalue weighted by Crippen LogP contribution is 2.36. The summed E-state index contributed by atoms with van der Waals surface area (Å²) in [6.07, 6.45) is 3.44. The van der Waals surface area contributed by atoms with Crippen LogP contribution < -0.4 is 27.4 Å². The molecular formula is C23H20BrClN6. The molecule has 0 bridgehead atoms. The van der Waals surface area contributed by atoms with Gasteiger partial charge in [0.25, 0.3) is 0 Å². The number of para-hydroxylation sites is 2. The van der Waals surface area contributed by atoms with Crippen LogP contribution in [0.3, 0.4) is 0 Å². The zero-order valence-corrected chi connectivity index (χ0v) is 18.7. The number of halogens is 2. The molecule has 0 saturated heterocycles. The molecule has 156 valence electrons. The first kappa shape index (κ1) is 20.8. The molecular weight excluding hydrogens is 476 g/mol. The van der Waals surface area contributed by atoms with Gasteiger partial charge in [0.05, 0.1) is 46.0 Å². The third kappa shape index (κ3) is 5.20. The van der Waals surface area contributed by atoms with Crippen LogP contribution in [0, 0.1) is 0 Å². The third-order valence-electron chi connectivity index (χ3n) is 4.53. The van der Waals surface area contributed by atoms with Crippen LogP contribution in [0.5, 0.6) is 0 Å². The van der Waals surface area contributed by atoms with E-state index in [4.69, 9.17) is 23.1 Å². The van der Waals surface area contributed by atoms with Crippen LogP contribution >= 0.6 is 27.5 Å². The molecule has 0 unspecified atom stereocenters. The van der Waals surface area contributed by atoms with Gasteiger partial charge in [-0.05, 0) is 70.5 Å². The molecule has 1 aromatic heterocycles. The smallest absolute Gasteiger partial charge is 0.0640 e. The van der Waals surface area contributed by atoms with E-state index in [1.54, 1.807) is 18.5 Å². The Balaban J connectivity index is 1.61. The number of rotatable bonds is 6. The average molecular weight is 496 g/mol. The summed E-state index contributed by atoms with van der Waals surface area (Å²) < 4.78 is 0.868. The van der Waals surface area contributed by atoms with Crippen molar-refractivity contribution in [3.8, 4) is 0 Å². The van der Waals surface area contributed by atoms with E-state index in [1.807, 2.05) is 60.7 Å². The number of anilines is 8. The van der Waals surface area contributed by atoms with Crippen molar-refractivity contribution < 1.29 is 0 Å². The van der Waals surface area contributed by atoms with Crippen molar-refractivity contribution >= 4 is 73.0 Å². The molecule has 4 rings (SSSR count). The van der Waals surface area contributed by atoms with E-state index in [1.165, 1.54) is 0 Å². The van der Waals surface area contributed by atoms with Gasteiger partial charge >= 0.3 is 0 Å². The zero-order valence-electron chi connectivity index (χ0n) is 16.4. The number of nitrogen functional groups attached to an aromatic ring is 2. The van der Waals surface area contributed by atoms with E-state index in [-0.39, 0.29) is 0 Å². The monoisotopic (exact) mass is 494 g/mol. The second kappa shape index (κ2) is 9.16. The number of hydrogen-bond donors (Lipinski definition) is 5. The van der Waals surface area contributed by atoms with Gasteiger partial charge in [0.1, 0.15) is 0 Å². The minimum Gasteiger partial charge on any atom is -0.397 e. The van der Waals surface area contributed by atoms with Crippen molar-refractivity contribution in [1.29, 1.82) is 0 Å². The summed E-state index contributed by atoms with van der Waals surface area (Å²) in [5.41, 5.74) is 18.5. The Kier molecular flexibility index (Phi) is 6.16. The maximum atomic E-state index is 6.25. The van der Waals surface area contributed by atoms with Crippen molar-refractivity contribution in [2.24, 2.45) is 0 Å². The summed E-state index contributed by atoms with van der Waals surface area (Å²) in [5.74, 6) is 0. The molecule has 0 radical (unpaired) electrons. The van der Waals surface area contributed by atoms with Gasteiger partial charge in [-0.1, -0.05) is 23.7 Å². The van der Waals surface area contributed by atoms with E-state index >= 15 is 0 Å². The van der Waals surface area contributed by atoms with Crippen LogP contribution in [0.1, 0.15) is 0 Å². The number of benzene rings is 3. The molecule has 4 aromatic rings. The molecule has 6 nitrogen and oxygen atoms in total. The lowest BCUT2D eigenvalue weighted by atomic mass is 10.1. The summed E-state index contributed by atoms with van der Waals surface area (Å²) in [6, 6.07) is 20.9. The second-order valence-corrected chi connectivity index (χ2v) is 8.20. The number of hydrogen-bond acceptors (Lipinski definition) is 6. The van der Waals surface area contributed by atoms with Crippen LogP contribution in [-0.2, 0) is 0 Å². The molecule has 1 heterocycles. The highest BCUT2D eigenvalue weighted by atomic mass is 79.9. The van der Waals surface area contributed by atoms with Gasteiger partial charge in [-0.3, -0.25) is 4.98 Å². The number of nitrogens with zero attached hydrogens (tertiary/aromatic N) is 1. The SMILES string of the molecule is Nc1cc(N)c(Nc2ccccc2Nc2ccc(Cl)cc2)cc1Nc1cncc(Br)c1. The Morgan fingerprint density at radius 3 is 1.97 bits per heavy atom. The average Bonchev–Trinajstić information content (AvgIpc) is 2.74. The zero-order chi connectivity index (χ0) is 21.8. The van der Waals surface area contributed by atoms with Crippen LogP contribution in [0.15, 0.2) is 83.6 Å². The van der Waals surface area contributed by atoms with Crippen LogP contribution in [-0.4, -0.2) is 4.98 Å². The van der Waals surface area contributed by atoms with E-state index in [0.717, 1.165) is 38.6 Å². The molecule has 0 fully saturated rings. The van der Waals surface area contributed by atoms with Gasteiger partial charge in [-0.15, -0.1) is 0 Å². The molecule has 0 atom stereocenters. The normalized spacial score (nSPS) is 10.5. The largest absolute Gasteiger partial charge is 0.397 e. The van der Waals surface area contributed by atoms with Crippen LogP contribution in [0.2, 0.25) is 5.02 Å². The molecule has 8 heteroatoms. The first-order chi connectivity index (χ1) is 15.0. The van der Waals surface area contributed by atoms with Gasteiger partial charge < -0.3 is 27.4 Å². The maximum Gasteiger partial charge on any atom is 0.0640 e. The minimum absolute atomic E-state index is 0.538. The lowest BCUT2D eigenvalue weighted by Gasteiger charge is -2.18. The first-order valence-electron chi connectivity index (χ1n) is 9.43. The predicted octanol–water partition coefficient (Wildman–Crippen LogP) is 6.89. The molecule has 0 amide bonds. The minimum atomic E-state index is 0.538. The molecule has 0 aliphatic rings. The van der Waals surface area contributed by atoms with Crippen molar-refractivity contribution in [2.45, 2.75) is 0 Å². The number of nitrogens with two attached hydrogens (primary N) is 2. The first-order valence-corrected chi connectivity index (χ1v) is 10.6. The summed E-state index contributed by atoms with van der Waals surface area (Å²) >= 11 is 9.41. The van der Waals surface area contributed by atoms with Gasteiger partial charge in [-0.2, -0.15) is 0 Å². The number of aromatic nitrogens is 1. The fourth-order valence-electron chi connectivity index (χ4n) is 3.02. The van der Waals surface area contributed by atoms with Gasteiger partial charge in [0.2, 0.25) is 0 Å². The Morgan fingerprint density at radius 2 is 1.29 bits per heavy atom. The van der Waals surface area contributed by atoms with E-state index in [2.05, 4.69) is 36.9 Å². The highest BCUT2D eigenvalue weighted by Gasteiger charge is 2.10. The quantitative estimate of drug-likeness (QED) is 0.187. The fraction of sp³-hybridized carbons (Fsp3) is 0. The van der Waals surface area contributed by atoms with Crippen molar-refractivity contribution in [1.82, 2.24) is 4.98 Å². The third-order valence-corrected chi connectivity index (χ3v) is 5.21. The van der Waals surface area contributed by atoms with Gasteiger partial charge in [0, 0.05) is 21.4 Å². The Labute approximate surface area is 193 Å². The van der Waals surface area contributed by atoms with E-state index in [9.17, 15) is 0 Å². The summed E-state index contributed by atoms with van der Waals surface area (Å²) in [7, 11) is 0. The van der Waals surface area contributed by atoms with Crippen molar-refractivity contribution in [2.75, 3.05) is 27.4 Å². The summed E-state index contributed by atoms with van der Waals surface area (Å²) in [6.45, 7) is 0. The van der Waals surface area contributed by atoms with Crippen LogP contribution in [0.4, 0.5) is 45.5 Å². The molecule has 0 spiro atoms. The van der Waals surface area contributed by atoms with E-state index in [0.29, 0.717) is 16.4 Å². The molecule has 7 N–H and O–H groups in total. The molecule has 0 aliphatic heterocycles. The lowest BCUT2D eigenvalue weighted by molar-refractivity contribution is 1.30. The molecule has 3 aromatic carbocycles. The predicted molar refractivity (Wildman–Crippen MR) is 135 cm³/mol. The van der Waals surface area contributed by atoms with Crippen LogP contribution in [0.25, 0.3) is 0 Å². The number of nitrogens with one attached hydrogen (secondary N) is 3. The topological polar surface area (TPSA) is 101 Å². The van der Waals surface area contributed by atoms with Crippen molar-refractivity contribution in [3.63, 3.8) is 0 Å². The van der Waals surface area contributed by atoms with Gasteiger partial charge in [0.15, 0.2) is 0 Å². The molecule has 0 saturated carbocycles. The standard InChI is InChI=1S/C23H20BrClN6/c24-14-9-17(13-28-12-14)30-22-11-23(19(27)10-18(22)26)31-21-4-2-1-3-20(21)29-16-7-5-15(25)6-8-16/h1-13,29-31H,26-27H2. The Hall–Kier alpha value is -3.42. The lowest BCUT2D eigenvalue weighted by Crippen LogP contribution is -2.03. The summed E-state index contributed by atoms with van der Waals surface area (Å²) in [5, 5.41) is 10.8. The Morgan fingerprint density at radius 1 is 0.677 bits per heavy atom. The second-order valence-electron chi connectivity index (χ2n) is 6.85. The van der Waals surface area contributed by atoms with Crippen molar-refractivity contribution in [3.05, 3.63) is 88.6 Å². The molecule has 0 aliphatic carbocycles. The fourth-order valence-corrected chi connectivity index (χ4v) is 3.51. The highest BCUT2D eigenvalue weighted by molar-refractivity contribution is 9.10. The molecule has 31 heavy (non-hydrogen) atoms. The van der Waals surface area contributed by atoms with Gasteiger partial charge in [-0.25, -0.2) is 0 Å².